The van der Waals surface area contributed by atoms with Crippen LogP contribution < -0.4 is 0 Å². The van der Waals surface area contributed by atoms with Crippen LogP contribution in [0.5, 0.6) is 0 Å². The van der Waals surface area contributed by atoms with Crippen molar-refractivity contribution < 1.29 is 12.6 Å². The average Bonchev–Trinajstić information content (AvgIpc) is 0.650. The predicted octanol–water partition coefficient (Wildman–Crippen LogP) is 3.81. The summed E-state index contributed by atoms with van der Waals surface area (Å²) in [6.07, 6.45) is 0. The van der Waals surface area contributed by atoms with Gasteiger partial charge in [0.2, 0.25) is 0 Å². The Bertz CT molecular complexity index is 42.0. The van der Waals surface area contributed by atoms with Crippen LogP contribution in [0.3, 0.4) is 0 Å². The summed E-state index contributed by atoms with van der Waals surface area (Å²) in [7, 11) is 0. The van der Waals surface area contributed by atoms with Gasteiger partial charge in [0.05, 0.1) is 0 Å². The SMILES string of the molecule is FP(F)(F)(Br)Br. The monoisotopic (exact) mass is 246 g/mol. The van der Waals surface area contributed by atoms with Crippen molar-refractivity contribution in [3.63, 3.8) is 0 Å². The van der Waals surface area contributed by atoms with Crippen LogP contribution in [-0.4, -0.2) is 0 Å². The van der Waals surface area contributed by atoms with Gasteiger partial charge in [0.25, 0.3) is 0 Å². The standard InChI is InChI=1S/Br2F3P/c1-6(2,3,4)5. The second-order valence-electron chi connectivity index (χ2n) is 0.639. The molecule has 0 N–H and O–H groups in total. The molecule has 0 amide bonds. The van der Waals surface area contributed by atoms with Crippen molar-refractivity contribution >= 4 is 35.9 Å². The van der Waals surface area contributed by atoms with Gasteiger partial charge in [0.15, 0.2) is 0 Å². The molecule has 0 fully saturated rings. The Hall–Kier alpha value is 1.18. The maximum absolute atomic E-state index is 11.0. The van der Waals surface area contributed by atoms with Crippen LogP contribution in [0, 0.1) is 0 Å². The topological polar surface area (TPSA) is 0 Å². The summed E-state index contributed by atoms with van der Waals surface area (Å²) in [6, 6.07) is 0. The van der Waals surface area contributed by atoms with Crippen molar-refractivity contribution in [3.05, 3.63) is 0 Å². The van der Waals surface area contributed by atoms with Gasteiger partial charge in [0, 0.05) is 0 Å². The maximum atomic E-state index is 11.0. The summed E-state index contributed by atoms with van der Waals surface area (Å²) in [6.45, 7) is 0. The zero-order valence-corrected chi connectivity index (χ0v) is 6.40. The fourth-order valence-electron chi connectivity index (χ4n) is 0. The first-order chi connectivity index (χ1) is 2.24. The molecule has 0 saturated carbocycles. The Balaban J connectivity index is 3.73. The zero-order valence-electron chi connectivity index (χ0n) is 2.34. The average molecular weight is 248 g/mol. The molecule has 0 aromatic rings. The summed E-state index contributed by atoms with van der Waals surface area (Å²) in [4.78, 5) is -5.92. The Morgan fingerprint density at radius 2 is 1.00 bits per heavy atom. The van der Waals surface area contributed by atoms with Crippen LogP contribution in [-0.2, 0) is 0 Å². The van der Waals surface area contributed by atoms with Crippen molar-refractivity contribution in [1.82, 2.24) is 0 Å². The van der Waals surface area contributed by atoms with Crippen molar-refractivity contribution in [2.45, 2.75) is 0 Å². The Kier molecular flexibility index (Phi) is 1.59. The van der Waals surface area contributed by atoms with Crippen LogP contribution >= 0.6 is 35.9 Å². The molecule has 0 aromatic carbocycles. The number of halogens is 5. The first kappa shape index (κ1) is 7.18. The quantitative estimate of drug-likeness (QED) is 0.571. The molecule has 0 atom stereocenters. The first-order valence-electron chi connectivity index (χ1n) is 0.845. The van der Waals surface area contributed by atoms with Gasteiger partial charge in [-0.05, 0) is 0 Å². The third-order valence-corrected chi connectivity index (χ3v) is 0. The van der Waals surface area contributed by atoms with E-state index in [0.29, 0.717) is 0 Å². The number of rotatable bonds is 0. The Labute approximate surface area is 48.9 Å². The first-order valence-corrected chi connectivity index (χ1v) is 6.79. The van der Waals surface area contributed by atoms with E-state index in [4.69, 9.17) is 0 Å². The van der Waals surface area contributed by atoms with Gasteiger partial charge in [-0.25, -0.2) is 0 Å². The molecule has 0 aliphatic rings. The third kappa shape index (κ3) is 65.0. The summed E-state index contributed by atoms with van der Waals surface area (Å²) < 4.78 is 33.0. The van der Waals surface area contributed by atoms with E-state index in [2.05, 4.69) is 0 Å². The number of hydrogen-bond donors (Lipinski definition) is 0. The van der Waals surface area contributed by atoms with Gasteiger partial charge < -0.3 is 0 Å². The van der Waals surface area contributed by atoms with E-state index in [-0.39, 0.29) is 0 Å². The molecule has 0 aromatic heterocycles. The van der Waals surface area contributed by atoms with Gasteiger partial charge in [0.1, 0.15) is 0 Å². The molecule has 6 heteroatoms. The van der Waals surface area contributed by atoms with Crippen molar-refractivity contribution in [3.8, 4) is 0 Å². The second kappa shape index (κ2) is 1.33. The van der Waals surface area contributed by atoms with Crippen LogP contribution in [0.4, 0.5) is 12.6 Å². The van der Waals surface area contributed by atoms with Crippen LogP contribution in [0.2, 0.25) is 0 Å². The minimum absolute atomic E-state index is 1.53. The minimum atomic E-state index is -5.92. The molecule has 0 radical (unpaired) electrons. The molecule has 0 nitrogen and oxygen atoms in total. The Morgan fingerprint density at radius 1 is 1.00 bits per heavy atom. The van der Waals surface area contributed by atoms with Crippen LogP contribution in [0.25, 0.3) is 0 Å². The molecule has 0 spiro atoms. The predicted molar refractivity (Wildman–Crippen MR) is 28.1 cm³/mol. The molecular formula is Br2F3P. The molecule has 0 aliphatic heterocycles. The van der Waals surface area contributed by atoms with E-state index in [1.54, 1.807) is 0 Å². The molecule has 0 rings (SSSR count). The molecule has 0 heterocycles. The van der Waals surface area contributed by atoms with E-state index >= 15 is 0 Å². The number of hydrogen-bond acceptors (Lipinski definition) is 0. The summed E-state index contributed by atoms with van der Waals surface area (Å²) >= 11 is 3.05. The summed E-state index contributed by atoms with van der Waals surface area (Å²) in [5.41, 5.74) is 0. The molecule has 0 unspecified atom stereocenters. The van der Waals surface area contributed by atoms with Gasteiger partial charge in [-0.2, -0.15) is 0 Å². The van der Waals surface area contributed by atoms with Gasteiger partial charge in [-0.15, -0.1) is 0 Å². The fraction of sp³-hybridized carbons (Fsp3) is 0. The molecule has 40 valence electrons. The van der Waals surface area contributed by atoms with Crippen molar-refractivity contribution in [2.75, 3.05) is 0 Å². The second-order valence-corrected chi connectivity index (χ2v) is 11.7. The molecule has 0 bridgehead atoms. The molecule has 6 heavy (non-hydrogen) atoms. The summed E-state index contributed by atoms with van der Waals surface area (Å²) in [5, 5.41) is 0. The van der Waals surface area contributed by atoms with E-state index in [0.717, 1.165) is 0 Å². The van der Waals surface area contributed by atoms with E-state index < -0.39 is 4.94 Å². The normalized spacial score (nSPS) is 19.2. The van der Waals surface area contributed by atoms with Gasteiger partial charge >= 0.3 is 48.5 Å². The van der Waals surface area contributed by atoms with E-state index in [1.807, 2.05) is 0 Å². The van der Waals surface area contributed by atoms with E-state index in [9.17, 15) is 12.6 Å². The van der Waals surface area contributed by atoms with Gasteiger partial charge in [-0.3, -0.25) is 0 Å². The van der Waals surface area contributed by atoms with Crippen LogP contribution in [0.15, 0.2) is 0 Å². The van der Waals surface area contributed by atoms with Crippen LogP contribution in [0.1, 0.15) is 0 Å². The third-order valence-electron chi connectivity index (χ3n) is 0. The van der Waals surface area contributed by atoms with E-state index in [1.165, 1.54) is 31.0 Å². The molecule has 0 saturated heterocycles. The molecular weight excluding hydrogens is 248 g/mol. The molecule has 0 aliphatic carbocycles. The van der Waals surface area contributed by atoms with Crippen molar-refractivity contribution in [1.29, 1.82) is 0 Å². The zero-order chi connectivity index (χ0) is 5.45. The van der Waals surface area contributed by atoms with Gasteiger partial charge in [-0.1, -0.05) is 0 Å². The fourth-order valence-corrected chi connectivity index (χ4v) is 0. The Morgan fingerprint density at radius 3 is 1.00 bits per heavy atom. The summed E-state index contributed by atoms with van der Waals surface area (Å²) in [5.74, 6) is 0. The van der Waals surface area contributed by atoms with Crippen molar-refractivity contribution in [2.24, 2.45) is 0 Å².